The average Bonchev–Trinajstić information content (AvgIpc) is 2.75. The van der Waals surface area contributed by atoms with Crippen molar-refractivity contribution in [3.63, 3.8) is 0 Å². The molecular formula is C13H16N2O5. The first kappa shape index (κ1) is 14.3. The molecule has 0 spiro atoms. The third-order valence-corrected chi connectivity index (χ3v) is 3.71. The number of aryl methyl sites for hydroxylation is 1. The lowest BCUT2D eigenvalue weighted by molar-refractivity contribution is -0.384. The highest BCUT2D eigenvalue weighted by atomic mass is 16.6. The summed E-state index contributed by atoms with van der Waals surface area (Å²) in [6, 6.07) is 4.03. The molecule has 0 amide bonds. The molecule has 20 heavy (non-hydrogen) atoms. The van der Waals surface area contributed by atoms with Crippen LogP contribution in [-0.4, -0.2) is 35.3 Å². The Bertz CT molecular complexity index is 560. The molecule has 1 aliphatic rings. The van der Waals surface area contributed by atoms with Crippen molar-refractivity contribution in [3.05, 3.63) is 33.9 Å². The number of nitrogens with zero attached hydrogens (tertiary/aromatic N) is 1. The maximum atomic E-state index is 11.4. The summed E-state index contributed by atoms with van der Waals surface area (Å²) in [5.41, 5.74) is 0.295. The predicted octanol–water partition coefficient (Wildman–Crippen LogP) is 1.80. The van der Waals surface area contributed by atoms with Gasteiger partial charge in [-0.25, -0.2) is 0 Å². The monoisotopic (exact) mass is 280 g/mol. The van der Waals surface area contributed by atoms with Gasteiger partial charge in [-0.2, -0.15) is 0 Å². The van der Waals surface area contributed by atoms with Gasteiger partial charge in [0, 0.05) is 17.8 Å². The van der Waals surface area contributed by atoms with E-state index < -0.39 is 22.3 Å². The molecular weight excluding hydrogens is 264 g/mol. The number of nitro benzene ring substituents is 1. The molecule has 1 aromatic carbocycles. The van der Waals surface area contributed by atoms with Crippen molar-refractivity contribution in [2.75, 3.05) is 18.5 Å². The second-order valence-corrected chi connectivity index (χ2v) is 5.19. The SMILES string of the molecule is Cc1ccc([N+](=O)[O-])cc1NC1COCC1(C)C(=O)O. The molecule has 1 saturated heterocycles. The van der Waals surface area contributed by atoms with Gasteiger partial charge in [-0.3, -0.25) is 14.9 Å². The van der Waals surface area contributed by atoms with Crippen molar-refractivity contribution in [1.82, 2.24) is 0 Å². The highest BCUT2D eigenvalue weighted by Gasteiger charge is 2.46. The van der Waals surface area contributed by atoms with Crippen LogP contribution in [0.1, 0.15) is 12.5 Å². The van der Waals surface area contributed by atoms with E-state index in [1.807, 2.05) is 0 Å². The summed E-state index contributed by atoms with van der Waals surface area (Å²) in [5, 5.41) is 23.2. The van der Waals surface area contributed by atoms with Gasteiger partial charge in [-0.1, -0.05) is 6.07 Å². The van der Waals surface area contributed by atoms with Crippen LogP contribution < -0.4 is 5.32 Å². The van der Waals surface area contributed by atoms with Crippen molar-refractivity contribution in [2.24, 2.45) is 5.41 Å². The molecule has 2 unspecified atom stereocenters. The van der Waals surface area contributed by atoms with Crippen LogP contribution in [0.3, 0.4) is 0 Å². The summed E-state index contributed by atoms with van der Waals surface area (Å²) < 4.78 is 5.25. The fourth-order valence-corrected chi connectivity index (χ4v) is 2.15. The minimum absolute atomic E-state index is 0.0333. The lowest BCUT2D eigenvalue weighted by Gasteiger charge is -2.26. The number of anilines is 1. The van der Waals surface area contributed by atoms with Gasteiger partial charge >= 0.3 is 5.97 Å². The Balaban J connectivity index is 2.28. The molecule has 1 heterocycles. The van der Waals surface area contributed by atoms with Crippen LogP contribution in [-0.2, 0) is 9.53 Å². The number of carboxylic acid groups (broad SMARTS) is 1. The number of ether oxygens (including phenoxy) is 1. The molecule has 7 heteroatoms. The smallest absolute Gasteiger partial charge is 0.313 e. The topological polar surface area (TPSA) is 102 Å². The Morgan fingerprint density at radius 2 is 2.30 bits per heavy atom. The third-order valence-electron chi connectivity index (χ3n) is 3.71. The van der Waals surface area contributed by atoms with E-state index in [9.17, 15) is 20.0 Å². The van der Waals surface area contributed by atoms with Gasteiger partial charge in [0.05, 0.1) is 24.2 Å². The molecule has 1 aliphatic heterocycles. The fraction of sp³-hybridized carbons (Fsp3) is 0.462. The molecule has 0 radical (unpaired) electrons. The number of hydrogen-bond donors (Lipinski definition) is 2. The minimum atomic E-state index is -1.04. The summed E-state index contributed by atoms with van der Waals surface area (Å²) >= 11 is 0. The van der Waals surface area contributed by atoms with Crippen molar-refractivity contribution >= 4 is 17.3 Å². The quantitative estimate of drug-likeness (QED) is 0.644. The Kier molecular flexibility index (Phi) is 3.63. The zero-order valence-electron chi connectivity index (χ0n) is 11.3. The Morgan fingerprint density at radius 1 is 1.60 bits per heavy atom. The molecule has 2 N–H and O–H groups in total. The zero-order chi connectivity index (χ0) is 14.9. The highest BCUT2D eigenvalue weighted by molar-refractivity contribution is 5.77. The molecule has 2 rings (SSSR count). The number of aliphatic carboxylic acids is 1. The summed E-state index contributed by atoms with van der Waals surface area (Å²) in [4.78, 5) is 21.7. The number of nitrogens with one attached hydrogen (secondary N) is 1. The first-order valence-electron chi connectivity index (χ1n) is 6.17. The minimum Gasteiger partial charge on any atom is -0.481 e. The van der Waals surface area contributed by atoms with Crippen LogP contribution in [0.25, 0.3) is 0 Å². The highest BCUT2D eigenvalue weighted by Crippen LogP contribution is 2.33. The second-order valence-electron chi connectivity index (χ2n) is 5.19. The molecule has 0 bridgehead atoms. The van der Waals surface area contributed by atoms with E-state index in [1.54, 1.807) is 19.9 Å². The Labute approximate surface area is 115 Å². The van der Waals surface area contributed by atoms with Crippen molar-refractivity contribution in [1.29, 1.82) is 0 Å². The van der Waals surface area contributed by atoms with Crippen LogP contribution in [0.15, 0.2) is 18.2 Å². The van der Waals surface area contributed by atoms with E-state index in [2.05, 4.69) is 5.32 Å². The number of nitro groups is 1. The van der Waals surface area contributed by atoms with Crippen LogP contribution in [0, 0.1) is 22.5 Å². The van der Waals surface area contributed by atoms with Gasteiger partial charge in [-0.15, -0.1) is 0 Å². The Morgan fingerprint density at radius 3 is 2.90 bits per heavy atom. The van der Waals surface area contributed by atoms with Gasteiger partial charge in [0.1, 0.15) is 5.41 Å². The maximum Gasteiger partial charge on any atom is 0.313 e. The van der Waals surface area contributed by atoms with Crippen molar-refractivity contribution < 1.29 is 19.6 Å². The zero-order valence-corrected chi connectivity index (χ0v) is 11.3. The maximum absolute atomic E-state index is 11.4. The van der Waals surface area contributed by atoms with Crippen LogP contribution in [0.2, 0.25) is 0 Å². The first-order chi connectivity index (χ1) is 9.34. The van der Waals surface area contributed by atoms with E-state index in [0.29, 0.717) is 5.69 Å². The lowest BCUT2D eigenvalue weighted by Crippen LogP contribution is -2.43. The number of benzene rings is 1. The van der Waals surface area contributed by atoms with E-state index in [4.69, 9.17) is 4.74 Å². The predicted molar refractivity (Wildman–Crippen MR) is 71.8 cm³/mol. The van der Waals surface area contributed by atoms with Gasteiger partial charge in [0.25, 0.3) is 5.69 Å². The summed E-state index contributed by atoms with van der Waals surface area (Å²) in [7, 11) is 0. The van der Waals surface area contributed by atoms with E-state index in [0.717, 1.165) is 5.56 Å². The molecule has 2 atom stereocenters. The summed E-state index contributed by atoms with van der Waals surface area (Å²) in [5.74, 6) is -0.949. The molecule has 0 aliphatic carbocycles. The number of carboxylic acids is 1. The first-order valence-corrected chi connectivity index (χ1v) is 6.17. The van der Waals surface area contributed by atoms with Crippen LogP contribution in [0.5, 0.6) is 0 Å². The summed E-state index contributed by atoms with van der Waals surface area (Å²) in [6.07, 6.45) is 0. The van der Waals surface area contributed by atoms with Crippen LogP contribution >= 0.6 is 0 Å². The molecule has 1 aromatic rings. The van der Waals surface area contributed by atoms with E-state index in [1.165, 1.54) is 12.1 Å². The van der Waals surface area contributed by atoms with Gasteiger partial charge < -0.3 is 15.2 Å². The number of rotatable bonds is 4. The number of non-ortho nitro benzene ring substituents is 1. The van der Waals surface area contributed by atoms with Crippen molar-refractivity contribution in [3.8, 4) is 0 Å². The number of carbonyl (C=O) groups is 1. The number of hydrogen-bond acceptors (Lipinski definition) is 5. The molecule has 1 fully saturated rings. The van der Waals surface area contributed by atoms with E-state index in [-0.39, 0.29) is 18.9 Å². The molecule has 108 valence electrons. The van der Waals surface area contributed by atoms with Gasteiger partial charge in [-0.05, 0) is 19.4 Å². The third kappa shape index (κ3) is 2.44. The molecule has 7 nitrogen and oxygen atoms in total. The van der Waals surface area contributed by atoms with Crippen molar-refractivity contribution in [2.45, 2.75) is 19.9 Å². The van der Waals surface area contributed by atoms with E-state index >= 15 is 0 Å². The van der Waals surface area contributed by atoms with Crippen LogP contribution in [0.4, 0.5) is 11.4 Å². The standard InChI is InChI=1S/C13H16N2O5/c1-8-3-4-9(15(18)19)5-10(8)14-11-6-20-7-13(11,2)12(16)17/h3-5,11,14H,6-7H2,1-2H3,(H,16,17). The van der Waals surface area contributed by atoms with Gasteiger partial charge in [0.15, 0.2) is 0 Å². The second kappa shape index (κ2) is 5.09. The lowest BCUT2D eigenvalue weighted by atomic mass is 9.85. The molecule has 0 aromatic heterocycles. The summed E-state index contributed by atoms with van der Waals surface area (Å²) in [6.45, 7) is 3.78. The fourth-order valence-electron chi connectivity index (χ4n) is 2.15. The largest absolute Gasteiger partial charge is 0.481 e. The normalized spacial score (nSPS) is 25.4. The molecule has 0 saturated carbocycles. The average molecular weight is 280 g/mol. The Hall–Kier alpha value is -2.15. The van der Waals surface area contributed by atoms with Gasteiger partial charge in [0.2, 0.25) is 0 Å².